The molecule has 0 aliphatic rings. The van der Waals surface area contributed by atoms with Crippen molar-refractivity contribution in [3.63, 3.8) is 0 Å². The molecule has 0 saturated heterocycles. The Hall–Kier alpha value is -2.49. The van der Waals surface area contributed by atoms with Gasteiger partial charge in [0.25, 0.3) is 0 Å². The van der Waals surface area contributed by atoms with Gasteiger partial charge in [-0.15, -0.1) is 0 Å². The van der Waals surface area contributed by atoms with Gasteiger partial charge in [0.15, 0.2) is 0 Å². The lowest BCUT2D eigenvalue weighted by atomic mass is 10.0. The molecule has 2 aromatic rings. The average molecular weight is 375 g/mol. The van der Waals surface area contributed by atoms with Crippen LogP contribution in [-0.2, 0) is 16.0 Å². The van der Waals surface area contributed by atoms with Crippen molar-refractivity contribution in [2.75, 3.05) is 14.2 Å². The maximum atomic E-state index is 11.3. The predicted molar refractivity (Wildman–Crippen MR) is 112 cm³/mol. The van der Waals surface area contributed by atoms with Gasteiger partial charge in [0, 0.05) is 6.42 Å². The first-order valence-corrected chi connectivity index (χ1v) is 9.52. The molecular weight excluding hydrogens is 340 g/mol. The molecule has 27 heavy (non-hydrogen) atoms. The quantitative estimate of drug-likeness (QED) is 0.560. The maximum Gasteiger partial charge on any atom is 0.305 e. The van der Waals surface area contributed by atoms with Crippen molar-refractivity contribution in [1.29, 1.82) is 0 Å². The highest BCUT2D eigenvalue weighted by atomic mass is 16.5. The number of hydrogen-bond donors (Lipinski definition) is 0. The Morgan fingerprint density at radius 2 is 1.33 bits per heavy atom. The van der Waals surface area contributed by atoms with Gasteiger partial charge < -0.3 is 14.2 Å². The van der Waals surface area contributed by atoms with Crippen molar-refractivity contribution in [2.45, 2.75) is 54.4 Å². The number of ether oxygens (including phenoxy) is 3. The Morgan fingerprint density at radius 3 is 1.78 bits per heavy atom. The smallest absolute Gasteiger partial charge is 0.305 e. The van der Waals surface area contributed by atoms with Gasteiger partial charge in [-0.3, -0.25) is 4.79 Å². The molecule has 0 spiro atoms. The second kappa shape index (κ2) is 13.7. The van der Waals surface area contributed by atoms with Crippen LogP contribution < -0.4 is 9.47 Å². The number of carbonyl (C=O) groups excluding carboxylic acids is 1. The van der Waals surface area contributed by atoms with E-state index in [2.05, 4.69) is 16.9 Å². The molecule has 150 valence electrons. The van der Waals surface area contributed by atoms with E-state index in [0.717, 1.165) is 33.9 Å². The molecule has 0 aliphatic heterocycles. The predicted octanol–water partition coefficient (Wildman–Crippen LogP) is 6.26. The van der Waals surface area contributed by atoms with Crippen molar-refractivity contribution in [2.24, 2.45) is 0 Å². The summed E-state index contributed by atoms with van der Waals surface area (Å²) in [5.41, 5.74) is 3.19. The molecule has 0 amide bonds. The molecule has 4 heteroatoms. The van der Waals surface area contributed by atoms with Crippen LogP contribution in [0.4, 0.5) is 0 Å². The van der Waals surface area contributed by atoms with Crippen LogP contribution in [0.1, 0.15) is 50.8 Å². The highest BCUT2D eigenvalue weighted by Crippen LogP contribution is 2.31. The molecule has 4 nitrogen and oxygen atoms in total. The minimum atomic E-state index is -0.195. The zero-order chi connectivity index (χ0) is 20.8. The first-order valence-electron chi connectivity index (χ1n) is 9.52. The van der Waals surface area contributed by atoms with Crippen LogP contribution in [0, 0.1) is 13.8 Å². The lowest BCUT2D eigenvalue weighted by Gasteiger charge is -2.14. The largest absolute Gasteiger partial charge is 0.497 e. The minimum absolute atomic E-state index is 0.195. The summed E-state index contributed by atoms with van der Waals surface area (Å²) >= 11 is 0. The minimum Gasteiger partial charge on any atom is -0.497 e. The number of methoxy groups -OCH3 is 2. The third kappa shape index (κ3) is 8.16. The lowest BCUT2D eigenvalue weighted by molar-refractivity contribution is -0.140. The summed E-state index contributed by atoms with van der Waals surface area (Å²) in [5, 5.41) is 0. The van der Waals surface area contributed by atoms with E-state index in [0.29, 0.717) is 12.8 Å². The molecule has 0 fully saturated rings. The number of rotatable bonds is 6. The summed E-state index contributed by atoms with van der Waals surface area (Å²) in [7, 11) is 3.04. The number of esters is 1. The van der Waals surface area contributed by atoms with Gasteiger partial charge >= 0.3 is 5.97 Å². The van der Waals surface area contributed by atoms with E-state index in [-0.39, 0.29) is 5.97 Å². The van der Waals surface area contributed by atoms with Crippen molar-refractivity contribution in [3.05, 3.63) is 53.1 Å². The summed E-state index contributed by atoms with van der Waals surface area (Å²) in [5.74, 6) is 2.21. The first-order chi connectivity index (χ1) is 13.0. The molecule has 2 aromatic carbocycles. The van der Waals surface area contributed by atoms with Crippen LogP contribution >= 0.6 is 0 Å². The second-order valence-corrected chi connectivity index (χ2v) is 5.41. The molecule has 0 saturated carbocycles. The molecule has 0 heterocycles. The monoisotopic (exact) mass is 374 g/mol. The van der Waals surface area contributed by atoms with E-state index < -0.39 is 0 Å². The van der Waals surface area contributed by atoms with Crippen molar-refractivity contribution in [1.82, 2.24) is 0 Å². The van der Waals surface area contributed by atoms with Crippen LogP contribution in [0.25, 0.3) is 0 Å². The molecule has 0 atom stereocenters. The van der Waals surface area contributed by atoms with E-state index in [4.69, 9.17) is 9.47 Å². The summed E-state index contributed by atoms with van der Waals surface area (Å²) in [4.78, 5) is 11.3. The molecule has 0 aromatic heterocycles. The van der Waals surface area contributed by atoms with Gasteiger partial charge in [0.1, 0.15) is 17.2 Å². The van der Waals surface area contributed by atoms with E-state index >= 15 is 0 Å². The molecular formula is C23H34O4. The fourth-order valence-corrected chi connectivity index (χ4v) is 2.46. The number of carbonyl (C=O) groups is 1. The number of hydrogen-bond acceptors (Lipinski definition) is 4. The Labute approximate surface area is 164 Å². The van der Waals surface area contributed by atoms with Crippen LogP contribution in [-0.4, -0.2) is 20.2 Å². The Balaban J connectivity index is 0.00000158. The van der Waals surface area contributed by atoms with E-state index in [1.807, 2.05) is 65.8 Å². The fourth-order valence-electron chi connectivity index (χ4n) is 2.46. The summed E-state index contributed by atoms with van der Waals surface area (Å²) in [6.07, 6.45) is 1.05. The Morgan fingerprint density at radius 1 is 0.852 bits per heavy atom. The molecule has 2 rings (SSSR count). The SMILES string of the molecule is CC.CC.COC(=O)CCc1cc(C)c(Oc2ccc(OC)cc2)c(C)c1. The molecule has 0 unspecified atom stereocenters. The maximum absolute atomic E-state index is 11.3. The first kappa shape index (κ1) is 24.5. The van der Waals surface area contributed by atoms with Crippen molar-refractivity contribution >= 4 is 5.97 Å². The average Bonchev–Trinajstić information content (AvgIpc) is 2.72. The van der Waals surface area contributed by atoms with Crippen LogP contribution in [0.3, 0.4) is 0 Å². The summed E-state index contributed by atoms with van der Waals surface area (Å²) in [6.45, 7) is 12.0. The third-order valence-electron chi connectivity index (χ3n) is 3.64. The van der Waals surface area contributed by atoms with E-state index in [9.17, 15) is 4.79 Å². The normalized spacial score (nSPS) is 9.19. The van der Waals surface area contributed by atoms with Crippen LogP contribution in [0.2, 0.25) is 0 Å². The van der Waals surface area contributed by atoms with Gasteiger partial charge in [-0.1, -0.05) is 39.8 Å². The van der Waals surface area contributed by atoms with Gasteiger partial charge in [-0.05, 0) is 61.2 Å². The molecule has 0 aliphatic carbocycles. The standard InChI is InChI=1S/C19H22O4.2C2H6/c1-13-11-15(5-10-18(20)22-4)12-14(2)19(13)23-17-8-6-16(21-3)7-9-17;2*1-2/h6-9,11-12H,5,10H2,1-4H3;2*1-2H3. The highest BCUT2D eigenvalue weighted by molar-refractivity contribution is 5.69. The van der Waals surface area contributed by atoms with Crippen LogP contribution in [0.15, 0.2) is 36.4 Å². The molecule has 0 N–H and O–H groups in total. The van der Waals surface area contributed by atoms with Crippen molar-refractivity contribution < 1.29 is 19.0 Å². The van der Waals surface area contributed by atoms with E-state index in [1.54, 1.807) is 7.11 Å². The fraction of sp³-hybridized carbons (Fsp3) is 0.435. The number of benzene rings is 2. The third-order valence-corrected chi connectivity index (χ3v) is 3.64. The van der Waals surface area contributed by atoms with Crippen molar-refractivity contribution in [3.8, 4) is 17.2 Å². The number of aryl methyl sites for hydroxylation is 3. The summed E-state index contributed by atoms with van der Waals surface area (Å²) < 4.78 is 15.8. The molecule has 0 bridgehead atoms. The zero-order valence-electron chi connectivity index (χ0n) is 18.0. The Bertz CT molecular complexity index is 652. The van der Waals surface area contributed by atoms with Crippen LogP contribution in [0.5, 0.6) is 17.2 Å². The van der Waals surface area contributed by atoms with Gasteiger partial charge in [0.05, 0.1) is 14.2 Å². The van der Waals surface area contributed by atoms with E-state index in [1.165, 1.54) is 7.11 Å². The Kier molecular flexibility index (Phi) is 12.4. The second-order valence-electron chi connectivity index (χ2n) is 5.41. The molecule has 0 radical (unpaired) electrons. The van der Waals surface area contributed by atoms with Gasteiger partial charge in [-0.25, -0.2) is 0 Å². The lowest BCUT2D eigenvalue weighted by Crippen LogP contribution is -2.02. The highest BCUT2D eigenvalue weighted by Gasteiger charge is 2.09. The van der Waals surface area contributed by atoms with Gasteiger partial charge in [-0.2, -0.15) is 0 Å². The topological polar surface area (TPSA) is 44.8 Å². The van der Waals surface area contributed by atoms with Gasteiger partial charge in [0.2, 0.25) is 0 Å². The summed E-state index contributed by atoms with van der Waals surface area (Å²) in [6, 6.07) is 11.6. The zero-order valence-corrected chi connectivity index (χ0v) is 18.0.